The Bertz CT molecular complexity index is 2920. The summed E-state index contributed by atoms with van der Waals surface area (Å²) in [6.07, 6.45) is 0. The highest BCUT2D eigenvalue weighted by Crippen LogP contribution is 2.42. The molecule has 0 atom stereocenters. The number of benzene rings is 7. The smallest absolute Gasteiger partial charge is 0.101 e. The molecule has 50 heavy (non-hydrogen) atoms. The largest absolute Gasteiger partial charge is 0.309 e. The van der Waals surface area contributed by atoms with E-state index in [1.807, 2.05) is 78.9 Å². The quantitative estimate of drug-likeness (QED) is 0.193. The van der Waals surface area contributed by atoms with Gasteiger partial charge in [-0.1, -0.05) is 97.1 Å². The molecule has 5 heteroatoms. The molecule has 0 N–H and O–H groups in total. The molecule has 230 valence electrons. The molecule has 0 bridgehead atoms. The first-order valence-corrected chi connectivity index (χ1v) is 16.3. The SMILES string of the molecule is N#Cc1ccc2c(c1)c1cccc(C#N)c1n2-c1ccccc1-c1ccccc1-c1ccc(-n2c3ccccc3c3ccccc32)cc1C#N. The molecular formula is C45H25N5. The molecule has 2 heterocycles. The van der Waals surface area contributed by atoms with Gasteiger partial charge in [0.25, 0.3) is 0 Å². The average molecular weight is 636 g/mol. The molecule has 0 aliphatic carbocycles. The molecule has 0 saturated carbocycles. The highest BCUT2D eigenvalue weighted by atomic mass is 15.0. The van der Waals surface area contributed by atoms with E-state index in [2.05, 4.69) is 100 Å². The van der Waals surface area contributed by atoms with E-state index < -0.39 is 0 Å². The lowest BCUT2D eigenvalue weighted by Gasteiger charge is -2.18. The van der Waals surface area contributed by atoms with Crippen molar-refractivity contribution in [2.45, 2.75) is 0 Å². The number of nitrogens with zero attached hydrogens (tertiary/aromatic N) is 5. The number of rotatable bonds is 4. The van der Waals surface area contributed by atoms with Crippen LogP contribution in [0.4, 0.5) is 0 Å². The Balaban J connectivity index is 1.27. The van der Waals surface area contributed by atoms with Crippen LogP contribution in [0.15, 0.2) is 152 Å². The van der Waals surface area contributed by atoms with Gasteiger partial charge >= 0.3 is 0 Å². The van der Waals surface area contributed by atoms with Gasteiger partial charge in [-0.3, -0.25) is 0 Å². The number of fused-ring (bicyclic) bond motifs is 6. The summed E-state index contributed by atoms with van der Waals surface area (Å²) in [5, 5.41) is 34.7. The van der Waals surface area contributed by atoms with Crippen molar-refractivity contribution in [2.24, 2.45) is 0 Å². The van der Waals surface area contributed by atoms with E-state index in [1.54, 1.807) is 0 Å². The molecule has 7 aromatic carbocycles. The van der Waals surface area contributed by atoms with E-state index >= 15 is 0 Å². The predicted molar refractivity (Wildman–Crippen MR) is 200 cm³/mol. The molecule has 0 aliphatic rings. The predicted octanol–water partition coefficient (Wildman–Crippen LogP) is 10.8. The van der Waals surface area contributed by atoms with Gasteiger partial charge in [0, 0.05) is 38.4 Å². The second-order valence-corrected chi connectivity index (χ2v) is 12.3. The number of hydrogen-bond acceptors (Lipinski definition) is 3. The number of hydrogen-bond donors (Lipinski definition) is 0. The molecule has 0 radical (unpaired) electrons. The van der Waals surface area contributed by atoms with Crippen LogP contribution in [-0.4, -0.2) is 9.13 Å². The molecule has 0 unspecified atom stereocenters. The van der Waals surface area contributed by atoms with Gasteiger partial charge in [-0.2, -0.15) is 15.8 Å². The topological polar surface area (TPSA) is 81.2 Å². The summed E-state index contributed by atoms with van der Waals surface area (Å²) in [5.41, 5.74) is 11.0. The molecule has 9 aromatic rings. The van der Waals surface area contributed by atoms with E-state index in [0.29, 0.717) is 16.7 Å². The van der Waals surface area contributed by atoms with Crippen molar-refractivity contribution in [1.29, 1.82) is 15.8 Å². The average Bonchev–Trinajstić information content (AvgIpc) is 3.70. The molecule has 0 spiro atoms. The van der Waals surface area contributed by atoms with Crippen molar-refractivity contribution in [1.82, 2.24) is 9.13 Å². The third-order valence-electron chi connectivity index (χ3n) is 9.65. The Hall–Kier alpha value is -7.39. The fourth-order valence-electron chi connectivity index (χ4n) is 7.53. The van der Waals surface area contributed by atoms with Crippen molar-refractivity contribution in [3.05, 3.63) is 168 Å². The van der Waals surface area contributed by atoms with Gasteiger partial charge in [-0.25, -0.2) is 0 Å². The Morgan fingerprint density at radius 3 is 1.68 bits per heavy atom. The maximum absolute atomic E-state index is 10.6. The van der Waals surface area contributed by atoms with Crippen molar-refractivity contribution in [3.63, 3.8) is 0 Å². The van der Waals surface area contributed by atoms with E-state index in [9.17, 15) is 15.8 Å². The van der Waals surface area contributed by atoms with E-state index in [4.69, 9.17) is 0 Å². The van der Waals surface area contributed by atoms with E-state index in [-0.39, 0.29) is 0 Å². The summed E-state index contributed by atoms with van der Waals surface area (Å²) in [4.78, 5) is 0. The van der Waals surface area contributed by atoms with Gasteiger partial charge in [0.05, 0.1) is 56.6 Å². The minimum absolute atomic E-state index is 0.549. The molecule has 2 aromatic heterocycles. The second kappa shape index (κ2) is 11.4. The summed E-state index contributed by atoms with van der Waals surface area (Å²) in [7, 11) is 0. The van der Waals surface area contributed by atoms with Crippen LogP contribution in [0.1, 0.15) is 16.7 Å². The number of para-hydroxylation sites is 4. The number of aromatic nitrogens is 2. The van der Waals surface area contributed by atoms with Crippen molar-refractivity contribution >= 4 is 43.6 Å². The normalized spacial score (nSPS) is 11.1. The zero-order valence-electron chi connectivity index (χ0n) is 26.7. The fraction of sp³-hybridized carbons (Fsp3) is 0. The number of nitriles is 3. The highest BCUT2D eigenvalue weighted by molar-refractivity contribution is 6.12. The molecule has 9 rings (SSSR count). The molecule has 0 saturated heterocycles. The van der Waals surface area contributed by atoms with Gasteiger partial charge in [0.1, 0.15) is 6.07 Å². The molecule has 5 nitrogen and oxygen atoms in total. The first kappa shape index (κ1) is 28.8. The van der Waals surface area contributed by atoms with Crippen LogP contribution in [0.2, 0.25) is 0 Å². The lowest BCUT2D eigenvalue weighted by Crippen LogP contribution is -2.00. The lowest BCUT2D eigenvalue weighted by atomic mass is 9.91. The summed E-state index contributed by atoms with van der Waals surface area (Å²) in [6.45, 7) is 0. The van der Waals surface area contributed by atoms with Crippen molar-refractivity contribution in [2.75, 3.05) is 0 Å². The molecular weight excluding hydrogens is 611 g/mol. The van der Waals surface area contributed by atoms with E-state index in [1.165, 1.54) is 10.8 Å². The Labute approximate surface area is 287 Å². The second-order valence-electron chi connectivity index (χ2n) is 12.3. The third kappa shape index (κ3) is 4.24. The summed E-state index contributed by atoms with van der Waals surface area (Å²) in [6, 6.07) is 57.7. The van der Waals surface area contributed by atoms with Gasteiger partial charge in [-0.15, -0.1) is 0 Å². The Morgan fingerprint density at radius 1 is 0.380 bits per heavy atom. The van der Waals surface area contributed by atoms with Crippen LogP contribution in [0.3, 0.4) is 0 Å². The summed E-state index contributed by atoms with van der Waals surface area (Å²) >= 11 is 0. The minimum atomic E-state index is 0.549. The van der Waals surface area contributed by atoms with Crippen LogP contribution < -0.4 is 0 Å². The molecule has 0 aliphatic heterocycles. The van der Waals surface area contributed by atoms with Crippen LogP contribution >= 0.6 is 0 Å². The molecule has 0 fully saturated rings. The maximum Gasteiger partial charge on any atom is 0.101 e. The minimum Gasteiger partial charge on any atom is -0.309 e. The van der Waals surface area contributed by atoms with Crippen LogP contribution in [0.25, 0.3) is 77.2 Å². The fourth-order valence-corrected chi connectivity index (χ4v) is 7.53. The van der Waals surface area contributed by atoms with Crippen molar-refractivity contribution < 1.29 is 0 Å². The monoisotopic (exact) mass is 635 g/mol. The van der Waals surface area contributed by atoms with Gasteiger partial charge in [0.2, 0.25) is 0 Å². The lowest BCUT2D eigenvalue weighted by molar-refractivity contribution is 1.17. The van der Waals surface area contributed by atoms with Gasteiger partial charge in [0.15, 0.2) is 0 Å². The maximum atomic E-state index is 10.6. The first-order chi connectivity index (χ1) is 24.7. The summed E-state index contributed by atoms with van der Waals surface area (Å²) < 4.78 is 4.36. The summed E-state index contributed by atoms with van der Waals surface area (Å²) in [5.74, 6) is 0. The highest BCUT2D eigenvalue weighted by Gasteiger charge is 2.21. The zero-order chi connectivity index (χ0) is 33.8. The Morgan fingerprint density at radius 2 is 0.980 bits per heavy atom. The Kier molecular flexibility index (Phi) is 6.56. The zero-order valence-corrected chi connectivity index (χ0v) is 26.7. The van der Waals surface area contributed by atoms with Gasteiger partial charge in [-0.05, 0) is 65.7 Å². The van der Waals surface area contributed by atoms with Crippen LogP contribution in [0, 0.1) is 34.0 Å². The molecule has 0 amide bonds. The van der Waals surface area contributed by atoms with Gasteiger partial charge < -0.3 is 9.13 Å². The van der Waals surface area contributed by atoms with Crippen LogP contribution in [-0.2, 0) is 0 Å². The third-order valence-corrected chi connectivity index (χ3v) is 9.65. The van der Waals surface area contributed by atoms with Crippen molar-refractivity contribution in [3.8, 4) is 51.8 Å². The van der Waals surface area contributed by atoms with Crippen LogP contribution in [0.5, 0.6) is 0 Å². The van der Waals surface area contributed by atoms with E-state index in [0.717, 1.165) is 66.5 Å². The standard InChI is InChI=1S/C45H25N5/c46-26-29-20-23-44-40(24-29)39-16-9-10-30(27-47)45(39)50(44)43-19-8-3-13-36(43)35-12-2-1-11-34(35)33-22-21-32(25-31(33)28-48)49-41-17-6-4-14-37(41)38-15-5-7-18-42(38)49/h1-25H. The first-order valence-electron chi connectivity index (χ1n) is 16.3.